The summed E-state index contributed by atoms with van der Waals surface area (Å²) in [4.78, 5) is 42.9. The van der Waals surface area contributed by atoms with Crippen LogP contribution in [0.15, 0.2) is 65.1 Å². The molecule has 1 saturated heterocycles. The van der Waals surface area contributed by atoms with E-state index < -0.39 is 23.4 Å². The van der Waals surface area contributed by atoms with Gasteiger partial charge in [-0.15, -0.1) is 11.3 Å². The Morgan fingerprint density at radius 2 is 1.97 bits per heavy atom. The van der Waals surface area contributed by atoms with Gasteiger partial charge in [-0.2, -0.15) is 5.01 Å². The quantitative estimate of drug-likeness (QED) is 0.438. The highest BCUT2D eigenvalue weighted by atomic mass is 32.1. The zero-order chi connectivity index (χ0) is 23.2. The Morgan fingerprint density at radius 1 is 1.15 bits per heavy atom. The minimum Gasteiger partial charge on any atom is -0.497 e. The van der Waals surface area contributed by atoms with Gasteiger partial charge in [0.2, 0.25) is 0 Å². The molecule has 1 fully saturated rings. The summed E-state index contributed by atoms with van der Waals surface area (Å²) in [5.41, 5.74) is 2.31. The molecular formula is C23H18N4O5S. The molecule has 9 nitrogen and oxygen atoms in total. The number of carbonyl (C=O) groups excluding carboxylic acids is 3. The van der Waals surface area contributed by atoms with Gasteiger partial charge in [0.15, 0.2) is 16.5 Å². The molecule has 0 aliphatic carbocycles. The number of furan rings is 1. The molecule has 2 aromatic heterocycles. The van der Waals surface area contributed by atoms with Crippen molar-refractivity contribution in [2.75, 3.05) is 7.11 Å². The van der Waals surface area contributed by atoms with Crippen LogP contribution in [0, 0.1) is 0 Å². The number of nitrogens with one attached hydrogen (secondary N) is 2. The number of amides is 4. The fourth-order valence-electron chi connectivity index (χ4n) is 3.58. The molecule has 0 spiro atoms. The molecule has 1 aliphatic heterocycles. The Morgan fingerprint density at radius 3 is 2.76 bits per heavy atom. The number of thiazole rings is 1. The van der Waals surface area contributed by atoms with Crippen molar-refractivity contribution in [2.45, 2.75) is 12.5 Å². The molecule has 5 rings (SSSR count). The molecule has 1 aliphatic rings. The van der Waals surface area contributed by atoms with E-state index in [1.54, 1.807) is 37.3 Å². The molecule has 166 valence electrons. The van der Waals surface area contributed by atoms with E-state index in [0.717, 1.165) is 10.2 Å². The summed E-state index contributed by atoms with van der Waals surface area (Å²) in [7, 11) is 1.51. The maximum atomic E-state index is 13.1. The molecule has 33 heavy (non-hydrogen) atoms. The van der Waals surface area contributed by atoms with Crippen LogP contribution in [0.4, 0.5) is 4.79 Å². The van der Waals surface area contributed by atoms with Crippen LogP contribution in [0.1, 0.15) is 23.0 Å². The van der Waals surface area contributed by atoms with E-state index in [1.165, 1.54) is 24.5 Å². The smallest absolute Gasteiger partial charge is 0.344 e. The minimum absolute atomic E-state index is 0.0557. The summed E-state index contributed by atoms with van der Waals surface area (Å²) in [5.74, 6) is -0.469. The van der Waals surface area contributed by atoms with Gasteiger partial charge in [0.1, 0.15) is 11.3 Å². The van der Waals surface area contributed by atoms with E-state index in [4.69, 9.17) is 9.15 Å². The summed E-state index contributed by atoms with van der Waals surface area (Å²) >= 11 is 1.43. The van der Waals surface area contributed by atoms with Gasteiger partial charge in [-0.05, 0) is 48.9 Å². The number of methoxy groups -OCH3 is 1. The lowest BCUT2D eigenvalue weighted by Gasteiger charge is -2.22. The molecule has 0 radical (unpaired) electrons. The van der Waals surface area contributed by atoms with Crippen molar-refractivity contribution in [1.29, 1.82) is 0 Å². The van der Waals surface area contributed by atoms with Crippen LogP contribution in [-0.4, -0.2) is 34.9 Å². The number of rotatable bonds is 5. The van der Waals surface area contributed by atoms with Gasteiger partial charge in [0, 0.05) is 0 Å². The van der Waals surface area contributed by atoms with Crippen LogP contribution < -0.4 is 15.5 Å². The van der Waals surface area contributed by atoms with Crippen LogP contribution in [-0.2, 0) is 10.3 Å². The van der Waals surface area contributed by atoms with Crippen LogP contribution in [0.2, 0.25) is 0 Å². The van der Waals surface area contributed by atoms with Gasteiger partial charge < -0.3 is 14.5 Å². The van der Waals surface area contributed by atoms with Crippen molar-refractivity contribution in [3.8, 4) is 16.5 Å². The second-order valence-corrected chi connectivity index (χ2v) is 8.55. The second kappa shape index (κ2) is 7.75. The number of fused-ring (bicyclic) bond motifs is 1. The lowest BCUT2D eigenvalue weighted by atomic mass is 9.92. The van der Waals surface area contributed by atoms with Gasteiger partial charge in [0.25, 0.3) is 5.91 Å². The van der Waals surface area contributed by atoms with E-state index >= 15 is 0 Å². The molecule has 1 atom stereocenters. The molecular weight excluding hydrogens is 444 g/mol. The maximum Gasteiger partial charge on any atom is 0.344 e. The van der Waals surface area contributed by atoms with Gasteiger partial charge in [-0.25, -0.2) is 15.2 Å². The summed E-state index contributed by atoms with van der Waals surface area (Å²) in [5, 5.41) is 3.90. The Hall–Kier alpha value is -4.18. The van der Waals surface area contributed by atoms with Crippen LogP contribution in [0.25, 0.3) is 21.0 Å². The molecule has 2 N–H and O–H groups in total. The Balaban J connectivity index is 1.35. The SMILES string of the molecule is COc1cccc(C2(C)NC(=O)N(NC(=O)c3ccc(-c4nc5ccccc5s4)o3)C2=O)c1. The van der Waals surface area contributed by atoms with Crippen molar-refractivity contribution in [3.05, 3.63) is 72.0 Å². The van der Waals surface area contributed by atoms with Gasteiger partial charge in [-0.1, -0.05) is 24.3 Å². The van der Waals surface area contributed by atoms with Crippen LogP contribution in [0.5, 0.6) is 5.75 Å². The number of ether oxygens (including phenoxy) is 1. The van der Waals surface area contributed by atoms with E-state index in [0.29, 0.717) is 27.1 Å². The van der Waals surface area contributed by atoms with Gasteiger partial charge >= 0.3 is 11.9 Å². The van der Waals surface area contributed by atoms with E-state index in [2.05, 4.69) is 15.7 Å². The lowest BCUT2D eigenvalue weighted by Crippen LogP contribution is -2.47. The fraction of sp³-hybridized carbons (Fsp3) is 0.130. The third-order valence-electron chi connectivity index (χ3n) is 5.39. The Kier molecular flexibility index (Phi) is 4.86. The van der Waals surface area contributed by atoms with Gasteiger partial charge in [-0.3, -0.25) is 9.59 Å². The molecule has 1 unspecified atom stereocenters. The maximum absolute atomic E-state index is 13.1. The highest BCUT2D eigenvalue weighted by Gasteiger charge is 2.50. The first-order valence-corrected chi connectivity index (χ1v) is 10.8. The predicted molar refractivity (Wildman–Crippen MR) is 121 cm³/mol. The first-order chi connectivity index (χ1) is 15.9. The first-order valence-electron chi connectivity index (χ1n) is 9.97. The minimum atomic E-state index is -1.37. The van der Waals surface area contributed by atoms with Crippen molar-refractivity contribution < 1.29 is 23.5 Å². The highest BCUT2D eigenvalue weighted by molar-refractivity contribution is 7.21. The molecule has 4 aromatic rings. The molecule has 10 heteroatoms. The number of hydrogen-bond donors (Lipinski definition) is 2. The lowest BCUT2D eigenvalue weighted by molar-refractivity contribution is -0.132. The monoisotopic (exact) mass is 462 g/mol. The van der Waals surface area contributed by atoms with Crippen molar-refractivity contribution in [3.63, 3.8) is 0 Å². The average molecular weight is 462 g/mol. The van der Waals surface area contributed by atoms with E-state index in [9.17, 15) is 14.4 Å². The number of aromatic nitrogens is 1. The molecule has 0 bridgehead atoms. The third kappa shape index (κ3) is 3.50. The van der Waals surface area contributed by atoms with E-state index in [-0.39, 0.29) is 5.76 Å². The van der Waals surface area contributed by atoms with Gasteiger partial charge in [0.05, 0.1) is 17.3 Å². The van der Waals surface area contributed by atoms with Crippen LogP contribution in [0.3, 0.4) is 0 Å². The fourth-order valence-corrected chi connectivity index (χ4v) is 4.51. The Bertz CT molecular complexity index is 1380. The molecule has 4 amide bonds. The summed E-state index contributed by atoms with van der Waals surface area (Å²) < 4.78 is 11.9. The zero-order valence-electron chi connectivity index (χ0n) is 17.6. The number of nitrogens with zero attached hydrogens (tertiary/aromatic N) is 2. The molecule has 2 aromatic carbocycles. The number of carbonyl (C=O) groups is 3. The number of imide groups is 1. The number of hydrazine groups is 1. The first kappa shape index (κ1) is 20.7. The average Bonchev–Trinajstić information content (AvgIpc) is 3.53. The normalized spacial score (nSPS) is 17.9. The molecule has 0 saturated carbocycles. The number of hydrogen-bond acceptors (Lipinski definition) is 7. The summed E-state index contributed by atoms with van der Waals surface area (Å²) in [6, 6.07) is 16.8. The largest absolute Gasteiger partial charge is 0.497 e. The number of benzene rings is 2. The topological polar surface area (TPSA) is 114 Å². The second-order valence-electron chi connectivity index (χ2n) is 7.52. The summed E-state index contributed by atoms with van der Waals surface area (Å²) in [6.45, 7) is 1.56. The van der Waals surface area contributed by atoms with E-state index in [1.807, 2.05) is 24.3 Å². The Labute approximate surface area is 191 Å². The summed E-state index contributed by atoms with van der Waals surface area (Å²) in [6.07, 6.45) is 0. The zero-order valence-corrected chi connectivity index (χ0v) is 18.4. The number of para-hydroxylation sites is 1. The van der Waals surface area contributed by atoms with Crippen LogP contribution >= 0.6 is 11.3 Å². The predicted octanol–water partition coefficient (Wildman–Crippen LogP) is 3.68. The van der Waals surface area contributed by atoms with Crippen molar-refractivity contribution in [1.82, 2.24) is 20.7 Å². The van der Waals surface area contributed by atoms with Crippen molar-refractivity contribution in [2.24, 2.45) is 0 Å². The standard InChI is InChI=1S/C23H18N4O5S/c1-23(13-6-5-7-14(12-13)31-2)21(29)27(22(30)25-23)26-19(28)16-10-11-17(32-16)20-24-15-8-3-4-9-18(15)33-20/h3-12H,1-2H3,(H,25,30)(H,26,28). The number of urea groups is 1. The molecule has 3 heterocycles. The highest BCUT2D eigenvalue weighted by Crippen LogP contribution is 2.32. The van der Waals surface area contributed by atoms with Crippen molar-refractivity contribution >= 4 is 39.4 Å². The third-order valence-corrected chi connectivity index (χ3v) is 6.44.